The minimum absolute atomic E-state index is 0.0115. The molecule has 5 rings (SSSR count). The summed E-state index contributed by atoms with van der Waals surface area (Å²) in [5.41, 5.74) is 6.98. The standard InChI is InChI=1S/C26H30ClF2N7O2S/c27-18-15-31-26(34-24(18)32-20-8-13-39-22(20)23(30)37)33-19-5-4-17(14-21(19)38-25(28)29)36-11-6-16(7-12-36)35-9-2-1-3-10-35/h4-5,8,13-16,25H,1-3,6-7,9-12H2,(H2,30,37)(H2,31,32,33,34). The van der Waals surface area contributed by atoms with Crippen LogP contribution in [0.15, 0.2) is 35.8 Å². The Kier molecular flexibility index (Phi) is 8.63. The van der Waals surface area contributed by atoms with E-state index in [4.69, 9.17) is 22.1 Å². The summed E-state index contributed by atoms with van der Waals surface area (Å²) in [4.78, 5) is 25.3. The van der Waals surface area contributed by atoms with E-state index in [0.717, 1.165) is 31.6 Å². The fraction of sp³-hybridized carbons (Fsp3) is 0.423. The van der Waals surface area contributed by atoms with Crippen LogP contribution in [0, 0.1) is 0 Å². The fourth-order valence-corrected chi connectivity index (χ4v) is 5.98. The summed E-state index contributed by atoms with van der Waals surface area (Å²) in [7, 11) is 0. The molecule has 4 N–H and O–H groups in total. The van der Waals surface area contributed by atoms with Crippen LogP contribution in [0.5, 0.6) is 5.75 Å². The van der Waals surface area contributed by atoms with E-state index in [-0.39, 0.29) is 28.2 Å². The van der Waals surface area contributed by atoms with Crippen molar-refractivity contribution >= 4 is 57.7 Å². The summed E-state index contributed by atoms with van der Waals surface area (Å²) in [6.45, 7) is 1.04. The number of nitrogens with one attached hydrogen (secondary N) is 2. The number of carbonyl (C=O) groups excluding carboxylic acids is 1. The van der Waals surface area contributed by atoms with Gasteiger partial charge in [-0.1, -0.05) is 18.0 Å². The lowest BCUT2D eigenvalue weighted by Gasteiger charge is -2.41. The van der Waals surface area contributed by atoms with E-state index >= 15 is 0 Å². The van der Waals surface area contributed by atoms with Crippen LogP contribution in [-0.2, 0) is 0 Å². The Morgan fingerprint density at radius 1 is 1.10 bits per heavy atom. The van der Waals surface area contributed by atoms with Gasteiger partial charge >= 0.3 is 6.61 Å². The van der Waals surface area contributed by atoms with Crippen molar-refractivity contribution in [3.8, 4) is 5.75 Å². The first kappa shape index (κ1) is 27.4. The number of thiophene rings is 1. The summed E-state index contributed by atoms with van der Waals surface area (Å²) in [5.74, 6) is -0.269. The van der Waals surface area contributed by atoms with Gasteiger partial charge in [0.1, 0.15) is 9.90 Å². The topological polar surface area (TPSA) is 109 Å². The number of rotatable bonds is 9. The molecule has 1 amide bonds. The highest BCUT2D eigenvalue weighted by atomic mass is 35.5. The van der Waals surface area contributed by atoms with E-state index in [1.165, 1.54) is 49.9 Å². The van der Waals surface area contributed by atoms with Crippen LogP contribution in [0.3, 0.4) is 0 Å². The number of primary amides is 1. The minimum atomic E-state index is -3.00. The monoisotopic (exact) mass is 577 g/mol. The molecular formula is C26H30ClF2N7O2S. The molecule has 4 heterocycles. The number of amides is 1. The molecule has 39 heavy (non-hydrogen) atoms. The third-order valence-electron chi connectivity index (χ3n) is 7.05. The third-order valence-corrected chi connectivity index (χ3v) is 8.26. The van der Waals surface area contributed by atoms with Crippen LogP contribution in [0.4, 0.5) is 37.6 Å². The number of nitrogens with two attached hydrogens (primary N) is 1. The first-order valence-electron chi connectivity index (χ1n) is 12.9. The van der Waals surface area contributed by atoms with Crippen LogP contribution in [0.25, 0.3) is 0 Å². The number of piperidine rings is 2. The molecule has 9 nitrogen and oxygen atoms in total. The van der Waals surface area contributed by atoms with Gasteiger partial charge in [-0.25, -0.2) is 4.98 Å². The highest BCUT2D eigenvalue weighted by Crippen LogP contribution is 2.35. The highest BCUT2D eigenvalue weighted by molar-refractivity contribution is 7.12. The van der Waals surface area contributed by atoms with Gasteiger partial charge in [-0.3, -0.25) is 4.79 Å². The lowest BCUT2D eigenvalue weighted by atomic mass is 9.99. The van der Waals surface area contributed by atoms with Gasteiger partial charge in [0.05, 0.1) is 17.6 Å². The average molecular weight is 578 g/mol. The second-order valence-electron chi connectivity index (χ2n) is 9.54. The number of nitrogens with zero attached hydrogens (tertiary/aromatic N) is 4. The number of aromatic nitrogens is 2. The largest absolute Gasteiger partial charge is 0.433 e. The number of hydrogen-bond donors (Lipinski definition) is 3. The number of benzene rings is 1. The minimum Gasteiger partial charge on any atom is -0.433 e. The van der Waals surface area contributed by atoms with Gasteiger partial charge in [0.2, 0.25) is 5.95 Å². The Morgan fingerprint density at radius 3 is 2.59 bits per heavy atom. The summed E-state index contributed by atoms with van der Waals surface area (Å²) in [6, 6.07) is 7.44. The average Bonchev–Trinajstić information content (AvgIpc) is 3.40. The number of alkyl halides is 2. The lowest BCUT2D eigenvalue weighted by Crippen LogP contribution is -2.46. The Morgan fingerprint density at radius 2 is 1.87 bits per heavy atom. The fourth-order valence-electron chi connectivity index (χ4n) is 5.14. The highest BCUT2D eigenvalue weighted by Gasteiger charge is 2.26. The van der Waals surface area contributed by atoms with Crippen molar-refractivity contribution in [3.63, 3.8) is 0 Å². The Balaban J connectivity index is 1.31. The van der Waals surface area contributed by atoms with Gasteiger partial charge in [-0.05, 0) is 62.4 Å². The Hall–Kier alpha value is -3.22. The van der Waals surface area contributed by atoms with Gasteiger partial charge < -0.3 is 30.9 Å². The summed E-state index contributed by atoms with van der Waals surface area (Å²) in [5, 5.41) is 7.84. The molecule has 2 aliphatic rings. The molecular weight excluding hydrogens is 548 g/mol. The number of carbonyl (C=O) groups is 1. The van der Waals surface area contributed by atoms with E-state index < -0.39 is 12.5 Å². The molecule has 0 bridgehead atoms. The second-order valence-corrected chi connectivity index (χ2v) is 10.9. The Labute approximate surface area is 234 Å². The second kappa shape index (κ2) is 12.3. The van der Waals surface area contributed by atoms with Crippen LogP contribution in [-0.4, -0.2) is 59.6 Å². The van der Waals surface area contributed by atoms with Crippen molar-refractivity contribution in [2.45, 2.75) is 44.8 Å². The maximum absolute atomic E-state index is 13.3. The van der Waals surface area contributed by atoms with E-state index in [0.29, 0.717) is 16.6 Å². The molecule has 1 aromatic carbocycles. The molecule has 208 valence electrons. The molecule has 0 unspecified atom stereocenters. The van der Waals surface area contributed by atoms with Crippen molar-refractivity contribution in [2.24, 2.45) is 5.73 Å². The number of anilines is 5. The zero-order chi connectivity index (χ0) is 27.4. The van der Waals surface area contributed by atoms with Crippen molar-refractivity contribution in [1.82, 2.24) is 14.9 Å². The van der Waals surface area contributed by atoms with E-state index in [1.807, 2.05) is 6.07 Å². The van der Waals surface area contributed by atoms with E-state index in [1.54, 1.807) is 23.6 Å². The lowest BCUT2D eigenvalue weighted by molar-refractivity contribution is -0.0493. The molecule has 0 saturated carbocycles. The molecule has 3 aromatic rings. The molecule has 2 fully saturated rings. The first-order valence-corrected chi connectivity index (χ1v) is 14.1. The predicted octanol–water partition coefficient (Wildman–Crippen LogP) is 5.83. The van der Waals surface area contributed by atoms with Crippen molar-refractivity contribution < 1.29 is 18.3 Å². The summed E-state index contributed by atoms with van der Waals surface area (Å²) < 4.78 is 31.5. The van der Waals surface area contributed by atoms with Crippen LogP contribution in [0.1, 0.15) is 41.8 Å². The summed E-state index contributed by atoms with van der Waals surface area (Å²) in [6.07, 6.45) is 7.29. The number of halogens is 3. The quantitative estimate of drug-likeness (QED) is 0.291. The van der Waals surface area contributed by atoms with E-state index in [9.17, 15) is 13.6 Å². The van der Waals surface area contributed by atoms with Gasteiger partial charge in [0.15, 0.2) is 11.6 Å². The van der Waals surface area contributed by atoms with Crippen molar-refractivity contribution in [2.75, 3.05) is 41.7 Å². The zero-order valence-corrected chi connectivity index (χ0v) is 22.8. The smallest absolute Gasteiger partial charge is 0.387 e. The summed E-state index contributed by atoms with van der Waals surface area (Å²) >= 11 is 7.44. The van der Waals surface area contributed by atoms with Crippen LogP contribution < -0.4 is 26.0 Å². The Bertz CT molecular complexity index is 1300. The van der Waals surface area contributed by atoms with Gasteiger partial charge in [-0.2, -0.15) is 13.8 Å². The van der Waals surface area contributed by atoms with Crippen molar-refractivity contribution in [1.29, 1.82) is 0 Å². The van der Waals surface area contributed by atoms with E-state index in [2.05, 4.69) is 30.4 Å². The van der Waals surface area contributed by atoms with Gasteiger partial charge in [-0.15, -0.1) is 11.3 Å². The van der Waals surface area contributed by atoms with Gasteiger partial charge in [0.25, 0.3) is 5.91 Å². The molecule has 13 heteroatoms. The van der Waals surface area contributed by atoms with Crippen LogP contribution in [0.2, 0.25) is 5.02 Å². The maximum atomic E-state index is 13.3. The SMILES string of the molecule is NC(=O)c1sccc1Nc1nc(Nc2ccc(N3CCC(N4CCCCC4)CC3)cc2OC(F)F)ncc1Cl. The van der Waals surface area contributed by atoms with Crippen LogP contribution >= 0.6 is 22.9 Å². The number of likely N-dealkylation sites (tertiary alicyclic amines) is 1. The molecule has 0 spiro atoms. The molecule has 2 aliphatic heterocycles. The molecule has 0 atom stereocenters. The number of hydrogen-bond acceptors (Lipinski definition) is 9. The van der Waals surface area contributed by atoms with Gasteiger partial charge in [0, 0.05) is 30.9 Å². The predicted molar refractivity (Wildman–Crippen MR) is 150 cm³/mol. The maximum Gasteiger partial charge on any atom is 0.387 e. The molecule has 0 aliphatic carbocycles. The van der Waals surface area contributed by atoms with Crippen molar-refractivity contribution in [3.05, 3.63) is 45.7 Å². The first-order chi connectivity index (χ1) is 18.9. The molecule has 2 aromatic heterocycles. The number of ether oxygens (including phenoxy) is 1. The molecule has 0 radical (unpaired) electrons. The normalized spacial score (nSPS) is 16.9. The molecule has 2 saturated heterocycles. The third kappa shape index (κ3) is 6.68. The zero-order valence-electron chi connectivity index (χ0n) is 21.2.